The van der Waals surface area contributed by atoms with Gasteiger partial charge in [0.15, 0.2) is 17.8 Å². The first-order valence-corrected chi connectivity index (χ1v) is 26.1. The van der Waals surface area contributed by atoms with Crippen LogP contribution in [0, 0.1) is 10.1 Å². The predicted molar refractivity (Wildman–Crippen MR) is 247 cm³/mol. The number of nitrogens with zero attached hydrogens (tertiary/aromatic N) is 5. The summed E-state index contributed by atoms with van der Waals surface area (Å²) < 4.78 is 61.2. The fourth-order valence-corrected chi connectivity index (χ4v) is 9.25. The van der Waals surface area contributed by atoms with Crippen LogP contribution in [0.5, 0.6) is 0 Å². The van der Waals surface area contributed by atoms with Crippen molar-refractivity contribution in [3.63, 3.8) is 0 Å². The van der Waals surface area contributed by atoms with Crippen LogP contribution in [0.1, 0.15) is 129 Å². The van der Waals surface area contributed by atoms with Gasteiger partial charge in [0.1, 0.15) is 30.7 Å². The Labute approximate surface area is 398 Å². The van der Waals surface area contributed by atoms with E-state index in [0.717, 1.165) is 49.3 Å². The smallest absolute Gasteiger partial charge is 0.462 e. The minimum absolute atomic E-state index is 0.0111. The summed E-state index contributed by atoms with van der Waals surface area (Å²) in [5.74, 6) is -1.53. The van der Waals surface area contributed by atoms with Gasteiger partial charge in [0.25, 0.3) is 0 Å². The Morgan fingerprint density at radius 3 is 2.17 bits per heavy atom. The summed E-state index contributed by atoms with van der Waals surface area (Å²) >= 11 is 0. The number of carbonyl (C=O) groups excluding carboxylic acids is 2. The van der Waals surface area contributed by atoms with Gasteiger partial charge in [0, 0.05) is 31.6 Å². The molecule has 0 spiro atoms. The molecule has 0 amide bonds. The number of phosphoric acid groups is 2. The number of non-ortho nitro benzene ring substituents is 1. The number of phosphoric ester groups is 2. The fourth-order valence-electron chi connectivity index (χ4n) is 7.14. The number of hydrogen-bond acceptors (Lipinski definition) is 21. The van der Waals surface area contributed by atoms with E-state index in [1.807, 2.05) is 0 Å². The molecule has 1 aliphatic rings. The number of nitrogen functional groups attached to an aromatic ring is 1. The SMILES string of the molecule is CCCCCCCC/C=C\CCCCCCCC(=O)OC[C@H](COP(=O)(O)OP(=O)(O)OC[C@H]1O[C@@H](n2ccc(N)nc2=O)[C@H](O)[C@@H]1O)OC(=O)CCCCCNc1ccc([N+](=O)[O-])c2nonc12. The van der Waals surface area contributed by atoms with Crippen molar-refractivity contribution < 1.29 is 75.8 Å². The zero-order valence-corrected chi connectivity index (χ0v) is 40.4. The van der Waals surface area contributed by atoms with Crippen molar-refractivity contribution in [2.24, 2.45) is 0 Å². The van der Waals surface area contributed by atoms with Crippen LogP contribution in [-0.4, -0.2) is 108 Å². The van der Waals surface area contributed by atoms with Crippen molar-refractivity contribution in [1.82, 2.24) is 19.9 Å². The van der Waals surface area contributed by atoms with Gasteiger partial charge in [-0.1, -0.05) is 76.9 Å². The number of fused-ring (bicyclic) bond motifs is 1. The van der Waals surface area contributed by atoms with E-state index in [-0.39, 0.29) is 35.4 Å². The topological polar surface area (TPSA) is 360 Å². The molecule has 25 nitrogen and oxygen atoms in total. The summed E-state index contributed by atoms with van der Waals surface area (Å²) in [6.07, 6.45) is 12.9. The summed E-state index contributed by atoms with van der Waals surface area (Å²) in [6.45, 7) is 0.0820. The third-order valence-electron chi connectivity index (χ3n) is 10.8. The van der Waals surface area contributed by atoms with Crippen molar-refractivity contribution in [1.29, 1.82) is 0 Å². The maximum absolute atomic E-state index is 12.9. The number of benzene rings is 1. The minimum atomic E-state index is -5.49. The molecule has 1 aliphatic heterocycles. The number of esters is 2. The van der Waals surface area contributed by atoms with Gasteiger partial charge in [0.05, 0.1) is 23.8 Å². The van der Waals surface area contributed by atoms with Crippen LogP contribution in [0.4, 0.5) is 17.2 Å². The number of unbranched alkanes of at least 4 members (excludes halogenated alkanes) is 13. The average molecular weight is 1020 g/mol. The number of nitro benzene ring substituents is 1. The second-order valence-electron chi connectivity index (χ2n) is 16.4. The highest BCUT2D eigenvalue weighted by molar-refractivity contribution is 7.61. The quantitative estimate of drug-likeness (QED) is 0.00939. The van der Waals surface area contributed by atoms with E-state index in [9.17, 15) is 53.6 Å². The standard InChI is InChI=1S/C42H65N7O18P2/c1-2-3-4-5-6-7-8-9-10-11-12-13-14-15-17-20-35(50)61-27-30(64-36(51)21-18-16-19-25-44-31-22-23-32(49(55)56)38-37(31)46-66-47-38)28-62-68(57,58)67-69(59,60)63-29-33-39(52)40(53)41(65-33)48-26-24-34(43)45-42(48)54/h9-10,22-24,26,30,33,39-41,44,52-53H,2-8,11-21,25,27-29H2,1H3,(H,57,58)(H,59,60)(H2,43,45,54)/b10-9-/t30-,33-,39-,40-,41-/m1/s1. The van der Waals surface area contributed by atoms with Crippen molar-refractivity contribution in [3.8, 4) is 0 Å². The van der Waals surface area contributed by atoms with E-state index in [2.05, 4.69) is 48.6 Å². The Balaban J connectivity index is 1.22. The molecular weight excluding hydrogens is 952 g/mol. The number of aliphatic hydroxyl groups is 2. The van der Waals surface area contributed by atoms with E-state index in [1.165, 1.54) is 56.7 Å². The second-order valence-corrected chi connectivity index (χ2v) is 19.5. The van der Waals surface area contributed by atoms with Crippen LogP contribution in [0.25, 0.3) is 11.0 Å². The maximum atomic E-state index is 12.9. The first kappa shape index (κ1) is 56.9. The lowest BCUT2D eigenvalue weighted by molar-refractivity contribution is -0.383. The molecule has 69 heavy (non-hydrogen) atoms. The number of nitrogens with one attached hydrogen (secondary N) is 1. The van der Waals surface area contributed by atoms with E-state index in [0.29, 0.717) is 37.9 Å². The van der Waals surface area contributed by atoms with Gasteiger partial charge < -0.3 is 45.3 Å². The predicted octanol–water partition coefficient (Wildman–Crippen LogP) is 6.30. The summed E-state index contributed by atoms with van der Waals surface area (Å²) in [5, 5.41) is 42.6. The lowest BCUT2D eigenvalue weighted by atomic mass is 10.1. The Bertz CT molecular complexity index is 2260. The highest BCUT2D eigenvalue weighted by Crippen LogP contribution is 2.60. The van der Waals surface area contributed by atoms with Crippen LogP contribution in [-0.2, 0) is 46.3 Å². The van der Waals surface area contributed by atoms with Gasteiger partial charge >= 0.3 is 39.0 Å². The van der Waals surface area contributed by atoms with Gasteiger partial charge in [-0.3, -0.25) is 33.3 Å². The van der Waals surface area contributed by atoms with Crippen LogP contribution in [0.2, 0.25) is 0 Å². The highest BCUT2D eigenvalue weighted by atomic mass is 31.3. The molecule has 0 saturated carbocycles. The highest BCUT2D eigenvalue weighted by Gasteiger charge is 2.46. The Morgan fingerprint density at radius 1 is 0.870 bits per heavy atom. The summed E-state index contributed by atoms with van der Waals surface area (Å²) in [6, 6.07) is 3.97. The van der Waals surface area contributed by atoms with Gasteiger partial charge in [-0.15, -0.1) is 0 Å². The largest absolute Gasteiger partial charge is 0.481 e. The van der Waals surface area contributed by atoms with Gasteiger partial charge in [-0.05, 0) is 67.4 Å². The number of aliphatic hydroxyl groups excluding tert-OH is 2. The minimum Gasteiger partial charge on any atom is -0.462 e. The van der Waals surface area contributed by atoms with Gasteiger partial charge in [-0.25, -0.2) is 18.6 Å². The maximum Gasteiger partial charge on any atom is 0.481 e. The molecule has 3 heterocycles. The first-order chi connectivity index (χ1) is 33.0. The molecule has 0 aliphatic carbocycles. The fraction of sp³-hybridized carbons (Fsp3) is 0.667. The summed E-state index contributed by atoms with van der Waals surface area (Å²) in [5.41, 5.74) is 4.92. The monoisotopic (exact) mass is 1020 g/mol. The Morgan fingerprint density at radius 2 is 1.49 bits per heavy atom. The molecule has 7 atom stereocenters. The third-order valence-corrected chi connectivity index (χ3v) is 13.4. The number of carbonyl (C=O) groups is 2. The van der Waals surface area contributed by atoms with Crippen molar-refractivity contribution in [3.05, 3.63) is 57.1 Å². The number of aromatic nitrogens is 4. The zero-order chi connectivity index (χ0) is 50.2. The number of ether oxygens (including phenoxy) is 3. The van der Waals surface area contributed by atoms with E-state index < -0.39 is 88.7 Å². The molecule has 27 heteroatoms. The summed E-state index contributed by atoms with van der Waals surface area (Å²) in [7, 11) is -11.0. The third kappa shape index (κ3) is 20.3. The number of hydrogen-bond donors (Lipinski definition) is 6. The Kier molecular flexibility index (Phi) is 24.3. The van der Waals surface area contributed by atoms with Crippen molar-refractivity contribution in [2.75, 3.05) is 37.4 Å². The number of anilines is 2. The van der Waals surface area contributed by atoms with Crippen LogP contribution in [0.3, 0.4) is 0 Å². The Hall–Kier alpha value is -4.68. The van der Waals surface area contributed by atoms with Gasteiger partial charge in [-0.2, -0.15) is 9.29 Å². The van der Waals surface area contributed by atoms with Crippen LogP contribution < -0.4 is 16.7 Å². The van der Waals surface area contributed by atoms with Crippen molar-refractivity contribution >= 4 is 55.8 Å². The number of nitro groups is 1. The van der Waals surface area contributed by atoms with E-state index in [4.69, 9.17) is 29.0 Å². The van der Waals surface area contributed by atoms with Crippen LogP contribution in [0.15, 0.2) is 46.0 Å². The molecule has 7 N–H and O–H groups in total. The van der Waals surface area contributed by atoms with Gasteiger partial charge in [0.2, 0.25) is 5.52 Å². The van der Waals surface area contributed by atoms with E-state index in [1.54, 1.807) is 0 Å². The molecule has 3 aromatic rings. The molecule has 1 aromatic carbocycles. The molecule has 386 valence electrons. The molecule has 4 rings (SSSR count). The molecular formula is C42H65N7O18P2. The first-order valence-electron chi connectivity index (χ1n) is 23.2. The lowest BCUT2D eigenvalue weighted by Crippen LogP contribution is -2.36. The summed E-state index contributed by atoms with van der Waals surface area (Å²) in [4.78, 5) is 72.5. The zero-order valence-electron chi connectivity index (χ0n) is 38.6. The van der Waals surface area contributed by atoms with E-state index >= 15 is 0 Å². The molecule has 0 radical (unpaired) electrons. The van der Waals surface area contributed by atoms with Crippen molar-refractivity contribution in [2.45, 2.75) is 153 Å². The number of allylic oxidation sites excluding steroid dienone is 2. The second kappa shape index (κ2) is 29.5. The normalized spacial score (nSPS) is 19.3. The molecule has 2 unspecified atom stereocenters. The molecule has 0 bridgehead atoms. The average Bonchev–Trinajstić information content (AvgIpc) is 3.90. The molecule has 2 aromatic heterocycles. The number of nitrogens with two attached hydrogens (primary N) is 1. The lowest BCUT2D eigenvalue weighted by Gasteiger charge is -2.21. The molecule has 1 fully saturated rings. The molecule has 1 saturated heterocycles. The number of rotatable bonds is 35. The van der Waals surface area contributed by atoms with Crippen LogP contribution >= 0.6 is 15.6 Å².